The number of aliphatic hydroxyl groups excluding tert-OH is 1. The number of ether oxygens (including phenoxy) is 1. The molecule has 2 aliphatic heterocycles. The molecule has 3 aromatic carbocycles. The van der Waals surface area contributed by atoms with Crippen molar-refractivity contribution in [1.82, 2.24) is 30.0 Å². The Kier molecular flexibility index (Phi) is 6.88. The van der Waals surface area contributed by atoms with Gasteiger partial charge in [0.1, 0.15) is 5.75 Å². The van der Waals surface area contributed by atoms with Crippen LogP contribution >= 0.6 is 0 Å². The number of aromatic nitrogens is 4. The van der Waals surface area contributed by atoms with Crippen LogP contribution in [0.5, 0.6) is 5.75 Å². The maximum Gasteiger partial charge on any atom is 0.331 e. The number of halogens is 1. The second kappa shape index (κ2) is 10.6. The molecule has 0 radical (unpaired) electrons. The molecule has 196 valence electrons. The fourth-order valence-electron chi connectivity index (χ4n) is 6.19. The standard InChI is InChI=1S/C29H31FN6O2/c1-38-27-13-12-23(36-29(30)31-32-33-36)16-22(27)17-34-18-24-26(37)14-15-35(24)25(19-34)28(20-8-4-2-5-9-20)21-10-6-3-7-11-21/h2-13,16,24-26,28,37H,14-15,17-19H2,1H3/t24-,25+,26-/m1/s1. The van der Waals surface area contributed by atoms with Gasteiger partial charge >= 0.3 is 6.08 Å². The molecule has 0 spiro atoms. The number of piperazine rings is 1. The minimum absolute atomic E-state index is 0.0369. The van der Waals surface area contributed by atoms with Gasteiger partial charge in [0.05, 0.1) is 18.9 Å². The lowest BCUT2D eigenvalue weighted by Crippen LogP contribution is -2.59. The Morgan fingerprint density at radius 1 is 1.00 bits per heavy atom. The number of tetrazole rings is 1. The molecular weight excluding hydrogens is 483 g/mol. The van der Waals surface area contributed by atoms with Crippen LogP contribution in [-0.2, 0) is 6.54 Å². The van der Waals surface area contributed by atoms with E-state index in [1.165, 1.54) is 11.1 Å². The van der Waals surface area contributed by atoms with Crippen molar-refractivity contribution in [2.24, 2.45) is 0 Å². The van der Waals surface area contributed by atoms with Gasteiger partial charge < -0.3 is 9.84 Å². The molecule has 3 heterocycles. The van der Waals surface area contributed by atoms with Gasteiger partial charge in [-0.25, -0.2) is 0 Å². The van der Waals surface area contributed by atoms with Crippen LogP contribution in [0.15, 0.2) is 78.9 Å². The van der Waals surface area contributed by atoms with E-state index in [0.29, 0.717) is 12.2 Å². The van der Waals surface area contributed by atoms with E-state index in [-0.39, 0.29) is 24.1 Å². The summed E-state index contributed by atoms with van der Waals surface area (Å²) in [5, 5.41) is 21.6. The Morgan fingerprint density at radius 3 is 2.34 bits per heavy atom. The largest absolute Gasteiger partial charge is 0.496 e. The third kappa shape index (κ3) is 4.69. The van der Waals surface area contributed by atoms with Crippen molar-refractivity contribution in [1.29, 1.82) is 0 Å². The number of nitrogens with zero attached hydrogens (tertiary/aromatic N) is 6. The summed E-state index contributed by atoms with van der Waals surface area (Å²) in [5.41, 5.74) is 3.97. The van der Waals surface area contributed by atoms with E-state index < -0.39 is 6.08 Å². The van der Waals surface area contributed by atoms with Crippen molar-refractivity contribution in [2.45, 2.75) is 37.1 Å². The summed E-state index contributed by atoms with van der Waals surface area (Å²) in [7, 11) is 1.64. The van der Waals surface area contributed by atoms with E-state index in [1.807, 2.05) is 24.3 Å². The van der Waals surface area contributed by atoms with E-state index in [1.54, 1.807) is 13.2 Å². The van der Waals surface area contributed by atoms with Crippen molar-refractivity contribution in [2.75, 3.05) is 26.7 Å². The molecule has 1 aromatic heterocycles. The fourth-order valence-corrected chi connectivity index (χ4v) is 6.19. The van der Waals surface area contributed by atoms with E-state index in [0.717, 1.165) is 42.0 Å². The zero-order chi connectivity index (χ0) is 26.1. The molecule has 0 bridgehead atoms. The normalized spacial score (nSPS) is 22.1. The summed E-state index contributed by atoms with van der Waals surface area (Å²) >= 11 is 0. The van der Waals surface area contributed by atoms with Crippen molar-refractivity contribution < 1.29 is 14.2 Å². The average Bonchev–Trinajstić information content (AvgIpc) is 3.55. The highest BCUT2D eigenvalue weighted by Gasteiger charge is 2.45. The van der Waals surface area contributed by atoms with E-state index in [4.69, 9.17) is 4.74 Å². The van der Waals surface area contributed by atoms with E-state index >= 15 is 0 Å². The predicted molar refractivity (Wildman–Crippen MR) is 141 cm³/mol. The van der Waals surface area contributed by atoms with Crippen LogP contribution in [0.1, 0.15) is 29.0 Å². The summed E-state index contributed by atoms with van der Waals surface area (Å²) in [6.45, 7) is 3.01. The Hall–Kier alpha value is -3.66. The molecule has 3 atom stereocenters. The third-order valence-electron chi connectivity index (χ3n) is 7.91. The second-order valence-electron chi connectivity index (χ2n) is 10.1. The van der Waals surface area contributed by atoms with Crippen LogP contribution in [0, 0.1) is 6.08 Å². The van der Waals surface area contributed by atoms with Crippen LogP contribution in [0.3, 0.4) is 0 Å². The Balaban J connectivity index is 1.36. The van der Waals surface area contributed by atoms with E-state index in [2.05, 4.69) is 73.9 Å². The van der Waals surface area contributed by atoms with Gasteiger partial charge in [-0.15, -0.1) is 0 Å². The average molecular weight is 515 g/mol. The number of aliphatic hydroxyl groups is 1. The fraction of sp³-hybridized carbons (Fsp3) is 0.345. The van der Waals surface area contributed by atoms with Gasteiger partial charge in [-0.05, 0) is 46.2 Å². The summed E-state index contributed by atoms with van der Waals surface area (Å²) in [5.74, 6) is 0.868. The number of hydrogen-bond acceptors (Lipinski definition) is 7. The Morgan fingerprint density at radius 2 is 1.71 bits per heavy atom. The van der Waals surface area contributed by atoms with Crippen LogP contribution in [0.25, 0.3) is 5.69 Å². The molecule has 0 aliphatic carbocycles. The van der Waals surface area contributed by atoms with Crippen molar-refractivity contribution in [3.63, 3.8) is 0 Å². The lowest BCUT2D eigenvalue weighted by Gasteiger charge is -2.47. The summed E-state index contributed by atoms with van der Waals surface area (Å²) in [4.78, 5) is 4.90. The van der Waals surface area contributed by atoms with Gasteiger partial charge in [0, 0.05) is 49.7 Å². The SMILES string of the molecule is COc1ccc(-n2nnnc2F)cc1CN1C[C@@H]2[C@H](O)CCN2[C@H](C(c2ccccc2)c2ccccc2)C1. The quantitative estimate of drug-likeness (QED) is 0.406. The van der Waals surface area contributed by atoms with Gasteiger partial charge in [0.25, 0.3) is 0 Å². The molecule has 1 N–H and O–H groups in total. The zero-order valence-corrected chi connectivity index (χ0v) is 21.3. The summed E-state index contributed by atoms with van der Waals surface area (Å²) < 4.78 is 20.9. The molecule has 0 unspecified atom stereocenters. The first-order chi connectivity index (χ1) is 18.6. The molecule has 8 nitrogen and oxygen atoms in total. The molecule has 2 fully saturated rings. The number of benzene rings is 3. The monoisotopic (exact) mass is 514 g/mol. The molecule has 2 aliphatic rings. The third-order valence-corrected chi connectivity index (χ3v) is 7.91. The van der Waals surface area contributed by atoms with Crippen molar-refractivity contribution in [3.05, 3.63) is 102 Å². The molecule has 9 heteroatoms. The van der Waals surface area contributed by atoms with Crippen molar-refractivity contribution >= 4 is 0 Å². The smallest absolute Gasteiger partial charge is 0.331 e. The zero-order valence-electron chi connectivity index (χ0n) is 21.3. The number of hydrogen-bond donors (Lipinski definition) is 1. The van der Waals surface area contributed by atoms with Gasteiger partial charge in [0.15, 0.2) is 0 Å². The highest BCUT2D eigenvalue weighted by Crippen LogP contribution is 2.38. The lowest BCUT2D eigenvalue weighted by molar-refractivity contribution is 0.00124. The van der Waals surface area contributed by atoms with Gasteiger partial charge in [-0.2, -0.15) is 9.07 Å². The van der Waals surface area contributed by atoms with Crippen molar-refractivity contribution in [3.8, 4) is 11.4 Å². The van der Waals surface area contributed by atoms with Gasteiger partial charge in [-0.1, -0.05) is 65.8 Å². The van der Waals surface area contributed by atoms with Crippen LogP contribution < -0.4 is 4.74 Å². The Labute approximate surface area is 221 Å². The summed E-state index contributed by atoms with van der Waals surface area (Å²) in [6, 6.07) is 26.9. The second-order valence-corrected chi connectivity index (χ2v) is 10.1. The molecule has 2 saturated heterocycles. The first-order valence-corrected chi connectivity index (χ1v) is 13.0. The van der Waals surface area contributed by atoms with Crippen LogP contribution in [-0.4, -0.2) is 80.0 Å². The highest BCUT2D eigenvalue weighted by molar-refractivity contribution is 5.44. The minimum Gasteiger partial charge on any atom is -0.496 e. The topological polar surface area (TPSA) is 79.5 Å². The minimum atomic E-state index is -0.766. The molecule has 0 saturated carbocycles. The maximum absolute atomic E-state index is 14.1. The molecule has 6 rings (SSSR count). The molecule has 38 heavy (non-hydrogen) atoms. The number of rotatable bonds is 7. The van der Waals surface area contributed by atoms with Gasteiger partial charge in [0.2, 0.25) is 0 Å². The Bertz CT molecular complexity index is 1330. The van der Waals surface area contributed by atoms with E-state index in [9.17, 15) is 9.50 Å². The lowest BCUT2D eigenvalue weighted by atomic mass is 9.82. The van der Waals surface area contributed by atoms with Crippen LogP contribution in [0.2, 0.25) is 0 Å². The molecule has 0 amide bonds. The first kappa shape index (κ1) is 24.7. The van der Waals surface area contributed by atoms with Crippen LogP contribution in [0.4, 0.5) is 4.39 Å². The molecule has 4 aromatic rings. The predicted octanol–water partition coefficient (Wildman–Crippen LogP) is 3.26. The number of methoxy groups -OCH3 is 1. The first-order valence-electron chi connectivity index (χ1n) is 13.0. The molecular formula is C29H31FN6O2. The van der Waals surface area contributed by atoms with Gasteiger partial charge in [-0.3, -0.25) is 9.80 Å². The highest BCUT2D eigenvalue weighted by atomic mass is 19.1. The maximum atomic E-state index is 14.1. The number of fused-ring (bicyclic) bond motifs is 1. The summed E-state index contributed by atoms with van der Waals surface area (Å²) in [6.07, 6.45) is -0.378.